The Labute approximate surface area is 120 Å². The van der Waals surface area contributed by atoms with E-state index in [9.17, 15) is 0 Å². The van der Waals surface area contributed by atoms with Gasteiger partial charge in [0.2, 0.25) is 0 Å². The second-order valence-electron chi connectivity index (χ2n) is 5.65. The van der Waals surface area contributed by atoms with Crippen molar-refractivity contribution in [2.45, 2.75) is 38.1 Å². The van der Waals surface area contributed by atoms with E-state index < -0.39 is 0 Å². The predicted molar refractivity (Wildman–Crippen MR) is 79.9 cm³/mol. The Morgan fingerprint density at radius 3 is 2.47 bits per heavy atom. The van der Waals surface area contributed by atoms with Crippen LogP contribution in [0.5, 0.6) is 0 Å². The zero-order valence-electron chi connectivity index (χ0n) is 11.4. The van der Waals surface area contributed by atoms with Gasteiger partial charge in [-0.1, -0.05) is 18.0 Å². The maximum Gasteiger partial charge on any atom is 0.131 e. The van der Waals surface area contributed by atoms with Crippen LogP contribution in [0.3, 0.4) is 0 Å². The van der Waals surface area contributed by atoms with Crippen molar-refractivity contribution in [1.29, 1.82) is 0 Å². The van der Waals surface area contributed by atoms with Crippen LogP contribution in [0.25, 0.3) is 0 Å². The van der Waals surface area contributed by atoms with Crippen molar-refractivity contribution < 1.29 is 0 Å². The van der Waals surface area contributed by atoms with Gasteiger partial charge in [-0.05, 0) is 50.9 Å². The fourth-order valence-corrected chi connectivity index (χ4v) is 3.53. The lowest BCUT2D eigenvalue weighted by Gasteiger charge is -2.41. The molecule has 1 aromatic rings. The Bertz CT molecular complexity index is 410. The molecule has 104 valence electrons. The highest BCUT2D eigenvalue weighted by Gasteiger charge is 2.25. The van der Waals surface area contributed by atoms with Gasteiger partial charge in [0, 0.05) is 31.0 Å². The van der Waals surface area contributed by atoms with Gasteiger partial charge >= 0.3 is 0 Å². The monoisotopic (exact) mass is 279 g/mol. The number of anilines is 1. The molecular weight excluding hydrogens is 258 g/mol. The molecule has 0 radical (unpaired) electrons. The largest absolute Gasteiger partial charge is 0.371 e. The van der Waals surface area contributed by atoms with Crippen molar-refractivity contribution in [3.05, 3.63) is 23.5 Å². The van der Waals surface area contributed by atoms with Crippen molar-refractivity contribution in [3.8, 4) is 0 Å². The van der Waals surface area contributed by atoms with Crippen molar-refractivity contribution in [3.63, 3.8) is 0 Å². The Kier molecular flexibility index (Phi) is 4.24. The zero-order chi connectivity index (χ0) is 13.1. The quantitative estimate of drug-likeness (QED) is 0.775. The number of hydrogen-bond acceptors (Lipinski definition) is 3. The van der Waals surface area contributed by atoms with Crippen LogP contribution in [-0.2, 0) is 0 Å². The Morgan fingerprint density at radius 1 is 1.05 bits per heavy atom. The van der Waals surface area contributed by atoms with E-state index in [1.54, 1.807) is 6.20 Å². The third-order valence-corrected chi connectivity index (χ3v) is 4.65. The van der Waals surface area contributed by atoms with Crippen LogP contribution in [-0.4, -0.2) is 42.1 Å². The molecule has 0 bridgehead atoms. The third-order valence-electron chi connectivity index (χ3n) is 4.45. The minimum Gasteiger partial charge on any atom is -0.371 e. The molecule has 0 saturated carbocycles. The van der Waals surface area contributed by atoms with Crippen molar-refractivity contribution >= 4 is 17.3 Å². The van der Waals surface area contributed by atoms with Gasteiger partial charge in [0.25, 0.3) is 0 Å². The number of piperidine rings is 2. The van der Waals surface area contributed by atoms with Crippen LogP contribution in [0.1, 0.15) is 32.1 Å². The summed E-state index contributed by atoms with van der Waals surface area (Å²) in [6.45, 7) is 4.90. The molecule has 4 heteroatoms. The molecule has 0 aliphatic carbocycles. The standard InChI is InChI=1S/C15H22ClN3/c16-15-12-14(4-7-17-15)19-10-5-13(6-11-19)18-8-2-1-3-9-18/h4,7,12-13H,1-3,5-6,8-11H2. The van der Waals surface area contributed by atoms with Crippen molar-refractivity contribution in [2.75, 3.05) is 31.1 Å². The van der Waals surface area contributed by atoms with E-state index >= 15 is 0 Å². The second kappa shape index (κ2) is 6.10. The predicted octanol–water partition coefficient (Wildman–Crippen LogP) is 3.19. The lowest BCUT2D eigenvalue weighted by Crippen LogP contribution is -2.46. The van der Waals surface area contributed by atoms with E-state index in [1.807, 2.05) is 6.07 Å². The topological polar surface area (TPSA) is 19.4 Å². The molecular formula is C15H22ClN3. The van der Waals surface area contributed by atoms with Crippen LogP contribution in [0.15, 0.2) is 18.3 Å². The zero-order valence-corrected chi connectivity index (χ0v) is 12.1. The van der Waals surface area contributed by atoms with Gasteiger partial charge in [0.1, 0.15) is 5.15 Å². The summed E-state index contributed by atoms with van der Waals surface area (Å²) in [5, 5.41) is 0.593. The number of halogens is 1. The van der Waals surface area contributed by atoms with E-state index in [4.69, 9.17) is 11.6 Å². The van der Waals surface area contributed by atoms with Gasteiger partial charge < -0.3 is 9.80 Å². The summed E-state index contributed by atoms with van der Waals surface area (Å²) in [7, 11) is 0. The van der Waals surface area contributed by atoms with Crippen LogP contribution in [0.2, 0.25) is 5.15 Å². The SMILES string of the molecule is Clc1cc(N2CCC(N3CCCCC3)CC2)ccn1. The van der Waals surface area contributed by atoms with E-state index in [2.05, 4.69) is 20.9 Å². The Balaban J connectivity index is 1.57. The maximum atomic E-state index is 5.97. The third kappa shape index (κ3) is 3.21. The summed E-state index contributed by atoms with van der Waals surface area (Å²) < 4.78 is 0. The van der Waals surface area contributed by atoms with E-state index in [0.717, 1.165) is 19.1 Å². The molecule has 0 spiro atoms. The van der Waals surface area contributed by atoms with Crippen molar-refractivity contribution in [2.24, 2.45) is 0 Å². The number of aromatic nitrogens is 1. The van der Waals surface area contributed by atoms with Gasteiger partial charge in [-0.2, -0.15) is 0 Å². The van der Waals surface area contributed by atoms with Crippen LogP contribution in [0, 0.1) is 0 Å². The highest BCUT2D eigenvalue weighted by atomic mass is 35.5. The fourth-order valence-electron chi connectivity index (χ4n) is 3.36. The first kappa shape index (κ1) is 13.2. The van der Waals surface area contributed by atoms with Gasteiger partial charge in [0.05, 0.1) is 0 Å². The summed E-state index contributed by atoms with van der Waals surface area (Å²) in [6.07, 6.45) is 8.56. The van der Waals surface area contributed by atoms with E-state index in [-0.39, 0.29) is 0 Å². The van der Waals surface area contributed by atoms with Gasteiger partial charge in [-0.15, -0.1) is 0 Å². The second-order valence-corrected chi connectivity index (χ2v) is 6.04. The maximum absolute atomic E-state index is 5.97. The molecule has 3 heterocycles. The number of pyridine rings is 1. The average molecular weight is 280 g/mol. The lowest BCUT2D eigenvalue weighted by molar-refractivity contribution is 0.141. The van der Waals surface area contributed by atoms with Crippen LogP contribution < -0.4 is 4.90 Å². The molecule has 2 aliphatic heterocycles. The highest BCUT2D eigenvalue weighted by Crippen LogP contribution is 2.25. The first-order valence-corrected chi connectivity index (χ1v) is 7.81. The first-order chi connectivity index (χ1) is 9.33. The molecule has 2 fully saturated rings. The number of likely N-dealkylation sites (tertiary alicyclic amines) is 1. The summed E-state index contributed by atoms with van der Waals surface area (Å²) in [5.41, 5.74) is 1.22. The molecule has 3 nitrogen and oxygen atoms in total. The van der Waals surface area contributed by atoms with E-state index in [1.165, 1.54) is 50.9 Å². The first-order valence-electron chi connectivity index (χ1n) is 7.43. The smallest absolute Gasteiger partial charge is 0.131 e. The fraction of sp³-hybridized carbons (Fsp3) is 0.667. The molecule has 0 atom stereocenters. The molecule has 2 aliphatic rings. The summed E-state index contributed by atoms with van der Waals surface area (Å²) in [4.78, 5) is 9.20. The molecule has 0 N–H and O–H groups in total. The Morgan fingerprint density at radius 2 is 1.79 bits per heavy atom. The average Bonchev–Trinajstić information content (AvgIpc) is 2.48. The number of nitrogens with zero attached hydrogens (tertiary/aromatic N) is 3. The summed E-state index contributed by atoms with van der Waals surface area (Å²) >= 11 is 5.97. The van der Waals surface area contributed by atoms with Gasteiger partial charge in [-0.25, -0.2) is 4.98 Å². The van der Waals surface area contributed by atoms with Gasteiger partial charge in [-0.3, -0.25) is 0 Å². The van der Waals surface area contributed by atoms with Crippen LogP contribution in [0.4, 0.5) is 5.69 Å². The molecule has 19 heavy (non-hydrogen) atoms. The lowest BCUT2D eigenvalue weighted by atomic mass is 9.99. The molecule has 2 saturated heterocycles. The minimum absolute atomic E-state index is 0.593. The van der Waals surface area contributed by atoms with Crippen molar-refractivity contribution in [1.82, 2.24) is 9.88 Å². The molecule has 0 aromatic carbocycles. The highest BCUT2D eigenvalue weighted by molar-refractivity contribution is 6.29. The van der Waals surface area contributed by atoms with E-state index in [0.29, 0.717) is 5.15 Å². The molecule has 1 aromatic heterocycles. The number of hydrogen-bond donors (Lipinski definition) is 0. The number of rotatable bonds is 2. The van der Waals surface area contributed by atoms with Crippen LogP contribution >= 0.6 is 11.6 Å². The normalized spacial score (nSPS) is 22.7. The van der Waals surface area contributed by atoms with Gasteiger partial charge in [0.15, 0.2) is 0 Å². The summed E-state index contributed by atoms with van der Waals surface area (Å²) in [5.74, 6) is 0. The molecule has 3 rings (SSSR count). The molecule has 0 amide bonds. The minimum atomic E-state index is 0.593. The summed E-state index contributed by atoms with van der Waals surface area (Å²) in [6, 6.07) is 4.84. The molecule has 0 unspecified atom stereocenters. The Hall–Kier alpha value is -0.800.